The Hall–Kier alpha value is -2.21. The predicted octanol–water partition coefficient (Wildman–Crippen LogP) is -0.568. The molecule has 0 aromatic heterocycles. The normalized spacial score (nSPS) is 16.8. The molecule has 0 saturated carbocycles. The number of amides is 3. The van der Waals surface area contributed by atoms with Crippen molar-refractivity contribution in [3.05, 3.63) is 35.9 Å². The summed E-state index contributed by atoms with van der Waals surface area (Å²) in [5.74, 6) is -1.29. The smallest absolute Gasteiger partial charge is 0.246 e. The Kier molecular flexibility index (Phi) is 4.47. The second kappa shape index (κ2) is 6.29. The van der Waals surface area contributed by atoms with Gasteiger partial charge in [-0.05, 0) is 18.4 Å². The van der Waals surface area contributed by atoms with Gasteiger partial charge in [-0.1, -0.05) is 30.3 Å². The Bertz CT molecular complexity index is 500. The minimum absolute atomic E-state index is 0.108. The van der Waals surface area contributed by atoms with E-state index in [1.807, 2.05) is 30.3 Å². The highest BCUT2D eigenvalue weighted by molar-refractivity contribution is 6.03. The van der Waals surface area contributed by atoms with Crippen LogP contribution in [0.4, 0.5) is 0 Å². The van der Waals surface area contributed by atoms with Crippen LogP contribution in [0.15, 0.2) is 30.3 Å². The summed E-state index contributed by atoms with van der Waals surface area (Å²) in [6.45, 7) is -0.215. The maximum Gasteiger partial charge on any atom is 0.246 e. The van der Waals surface area contributed by atoms with Crippen LogP contribution >= 0.6 is 0 Å². The molecule has 1 aliphatic rings. The van der Waals surface area contributed by atoms with Crippen molar-refractivity contribution in [2.75, 3.05) is 13.1 Å². The number of nitrogens with zero attached hydrogens (tertiary/aromatic N) is 1. The number of benzene rings is 1. The Labute approximate surface area is 116 Å². The second-order valence-corrected chi connectivity index (χ2v) is 4.80. The highest BCUT2D eigenvalue weighted by Crippen LogP contribution is 2.07. The van der Waals surface area contributed by atoms with E-state index in [1.54, 1.807) is 0 Å². The van der Waals surface area contributed by atoms with E-state index in [4.69, 9.17) is 5.73 Å². The third kappa shape index (κ3) is 3.64. The van der Waals surface area contributed by atoms with E-state index in [0.717, 1.165) is 5.56 Å². The minimum Gasteiger partial charge on any atom is -0.323 e. The molecule has 1 atom stereocenters. The molecule has 0 spiro atoms. The monoisotopic (exact) mass is 275 g/mol. The van der Waals surface area contributed by atoms with Gasteiger partial charge in [-0.25, -0.2) is 0 Å². The lowest BCUT2D eigenvalue weighted by atomic mass is 10.0. The fraction of sp³-hybridized carbons (Fsp3) is 0.357. The van der Waals surface area contributed by atoms with E-state index >= 15 is 0 Å². The lowest BCUT2D eigenvalue weighted by Crippen LogP contribution is -2.56. The van der Waals surface area contributed by atoms with Crippen molar-refractivity contribution in [3.63, 3.8) is 0 Å². The molecule has 0 radical (unpaired) electrons. The van der Waals surface area contributed by atoms with Gasteiger partial charge in [-0.3, -0.25) is 19.7 Å². The van der Waals surface area contributed by atoms with Gasteiger partial charge in [0.1, 0.15) is 13.1 Å². The SMILES string of the molecule is N[C@@H](CCc1ccccc1)C(=O)N1CC(=O)NC(=O)C1. The average Bonchev–Trinajstić information content (AvgIpc) is 2.44. The fourth-order valence-corrected chi connectivity index (χ4v) is 2.12. The molecular weight excluding hydrogens is 258 g/mol. The van der Waals surface area contributed by atoms with Gasteiger partial charge in [0.15, 0.2) is 0 Å². The van der Waals surface area contributed by atoms with Crippen molar-refractivity contribution < 1.29 is 14.4 Å². The van der Waals surface area contributed by atoms with E-state index in [2.05, 4.69) is 5.32 Å². The Balaban J connectivity index is 1.88. The van der Waals surface area contributed by atoms with Crippen LogP contribution in [0, 0.1) is 0 Å². The number of carbonyl (C=O) groups excluding carboxylic acids is 3. The zero-order chi connectivity index (χ0) is 14.5. The van der Waals surface area contributed by atoms with Crippen molar-refractivity contribution in [2.45, 2.75) is 18.9 Å². The maximum absolute atomic E-state index is 12.1. The van der Waals surface area contributed by atoms with Crippen molar-refractivity contribution in [3.8, 4) is 0 Å². The summed E-state index contributed by atoms with van der Waals surface area (Å²) in [5, 5.41) is 2.15. The van der Waals surface area contributed by atoms with Gasteiger partial charge in [-0.2, -0.15) is 0 Å². The first kappa shape index (κ1) is 14.2. The Morgan fingerprint density at radius 1 is 1.20 bits per heavy atom. The third-order valence-electron chi connectivity index (χ3n) is 3.16. The summed E-state index contributed by atoms with van der Waals surface area (Å²) < 4.78 is 0. The summed E-state index contributed by atoms with van der Waals surface area (Å²) in [4.78, 5) is 35.7. The molecule has 0 aliphatic carbocycles. The van der Waals surface area contributed by atoms with Crippen LogP contribution in [0.1, 0.15) is 12.0 Å². The maximum atomic E-state index is 12.1. The topological polar surface area (TPSA) is 92.5 Å². The van der Waals surface area contributed by atoms with Crippen molar-refractivity contribution >= 4 is 17.7 Å². The van der Waals surface area contributed by atoms with Crippen LogP contribution < -0.4 is 11.1 Å². The number of piperazine rings is 1. The van der Waals surface area contributed by atoms with Crippen molar-refractivity contribution in [1.29, 1.82) is 0 Å². The lowest BCUT2D eigenvalue weighted by molar-refractivity contribution is -0.146. The second-order valence-electron chi connectivity index (χ2n) is 4.80. The lowest BCUT2D eigenvalue weighted by Gasteiger charge is -2.27. The number of rotatable bonds is 4. The van der Waals surface area contributed by atoms with Gasteiger partial charge >= 0.3 is 0 Å². The quantitative estimate of drug-likeness (QED) is 0.720. The molecule has 6 heteroatoms. The molecule has 1 aromatic rings. The van der Waals surface area contributed by atoms with Gasteiger partial charge in [0, 0.05) is 0 Å². The molecule has 0 unspecified atom stereocenters. The molecule has 20 heavy (non-hydrogen) atoms. The molecule has 0 bridgehead atoms. The van der Waals surface area contributed by atoms with Crippen LogP contribution in [0.25, 0.3) is 0 Å². The van der Waals surface area contributed by atoms with E-state index in [0.29, 0.717) is 12.8 Å². The molecule has 1 aromatic carbocycles. The fourth-order valence-electron chi connectivity index (χ4n) is 2.12. The van der Waals surface area contributed by atoms with Crippen molar-refractivity contribution in [1.82, 2.24) is 10.2 Å². The highest BCUT2D eigenvalue weighted by atomic mass is 16.2. The van der Waals surface area contributed by atoms with Crippen molar-refractivity contribution in [2.24, 2.45) is 5.73 Å². The number of imide groups is 1. The zero-order valence-corrected chi connectivity index (χ0v) is 11.0. The average molecular weight is 275 g/mol. The molecule has 1 saturated heterocycles. The minimum atomic E-state index is -0.700. The Morgan fingerprint density at radius 2 is 1.80 bits per heavy atom. The van der Waals surface area contributed by atoms with Crippen LogP contribution in [0.3, 0.4) is 0 Å². The molecule has 6 nitrogen and oxygen atoms in total. The van der Waals surface area contributed by atoms with Gasteiger partial charge in [0.25, 0.3) is 0 Å². The van der Waals surface area contributed by atoms with Crippen LogP contribution in [0.2, 0.25) is 0 Å². The van der Waals surface area contributed by atoms with E-state index in [1.165, 1.54) is 4.90 Å². The molecule has 1 heterocycles. The summed E-state index contributed by atoms with van der Waals surface area (Å²) >= 11 is 0. The highest BCUT2D eigenvalue weighted by Gasteiger charge is 2.29. The molecular formula is C14H17N3O3. The Morgan fingerprint density at radius 3 is 2.40 bits per heavy atom. The number of nitrogens with one attached hydrogen (secondary N) is 1. The first-order chi connectivity index (χ1) is 9.56. The first-order valence-corrected chi connectivity index (χ1v) is 6.47. The zero-order valence-electron chi connectivity index (χ0n) is 11.0. The number of nitrogens with two attached hydrogens (primary N) is 1. The molecule has 3 N–H and O–H groups in total. The number of hydrogen-bond donors (Lipinski definition) is 2. The summed E-state index contributed by atoms with van der Waals surface area (Å²) in [6, 6.07) is 9.01. The van der Waals surface area contributed by atoms with E-state index in [9.17, 15) is 14.4 Å². The molecule has 106 valence electrons. The summed E-state index contributed by atoms with van der Waals surface area (Å²) in [6.07, 6.45) is 1.16. The van der Waals surface area contributed by atoms with E-state index in [-0.39, 0.29) is 19.0 Å². The standard InChI is InChI=1S/C14H17N3O3/c15-11(7-6-10-4-2-1-3-5-10)14(20)17-8-12(18)16-13(19)9-17/h1-5,11H,6-9,15H2,(H,16,18,19)/t11-/m0/s1. The third-order valence-corrected chi connectivity index (χ3v) is 3.16. The largest absolute Gasteiger partial charge is 0.323 e. The number of aryl methyl sites for hydroxylation is 1. The number of carbonyl (C=O) groups is 3. The van der Waals surface area contributed by atoms with E-state index < -0.39 is 17.9 Å². The molecule has 1 aliphatic heterocycles. The number of hydrogen-bond acceptors (Lipinski definition) is 4. The van der Waals surface area contributed by atoms with Crippen LogP contribution in [0.5, 0.6) is 0 Å². The summed E-state index contributed by atoms with van der Waals surface area (Å²) in [7, 11) is 0. The van der Waals surface area contributed by atoms with Crippen LogP contribution in [-0.4, -0.2) is 41.8 Å². The first-order valence-electron chi connectivity index (χ1n) is 6.47. The molecule has 2 rings (SSSR count). The summed E-state index contributed by atoms with van der Waals surface area (Å²) in [5.41, 5.74) is 6.95. The van der Waals surface area contributed by atoms with Gasteiger partial charge in [-0.15, -0.1) is 0 Å². The predicted molar refractivity (Wildman–Crippen MR) is 72.5 cm³/mol. The van der Waals surface area contributed by atoms with Gasteiger partial charge in [0.05, 0.1) is 6.04 Å². The molecule has 1 fully saturated rings. The van der Waals surface area contributed by atoms with Gasteiger partial charge in [0.2, 0.25) is 17.7 Å². The van der Waals surface area contributed by atoms with Crippen LogP contribution in [-0.2, 0) is 20.8 Å². The molecule has 3 amide bonds. The van der Waals surface area contributed by atoms with Gasteiger partial charge < -0.3 is 10.6 Å².